The second-order valence-electron chi connectivity index (χ2n) is 26.1. The Kier molecular flexibility index (Phi) is 20.5. The number of nitrogens with one attached hydrogen (secondary N) is 1. The van der Waals surface area contributed by atoms with Crippen LogP contribution >= 0.6 is 69.9 Å². The number of fused-ring (bicyclic) bond motifs is 2. The van der Waals surface area contributed by atoms with Crippen LogP contribution in [0.1, 0.15) is 129 Å². The summed E-state index contributed by atoms with van der Waals surface area (Å²) in [5.74, 6) is -0.525. The van der Waals surface area contributed by atoms with Gasteiger partial charge in [-0.05, 0) is 187 Å². The first kappa shape index (κ1) is 66.8. The molecule has 8 aliphatic rings. The van der Waals surface area contributed by atoms with E-state index >= 15 is 0 Å². The average molecular weight is 1330 g/mol. The zero-order valence-electron chi connectivity index (χ0n) is 53.0. The molecule has 4 saturated heterocycles. The highest BCUT2D eigenvalue weighted by Gasteiger charge is 2.56. The number of carboxylic acid groups (broad SMARTS) is 1. The van der Waals surface area contributed by atoms with Crippen LogP contribution in [0.3, 0.4) is 0 Å². The largest absolute Gasteiger partial charge is 0.477 e. The summed E-state index contributed by atoms with van der Waals surface area (Å²) in [6, 6.07) is 31.7. The number of carbonyl (C=O) groups excluding carboxylic acids is 3. The quantitative estimate of drug-likeness (QED) is 0.156. The Morgan fingerprint density at radius 3 is 1.35 bits per heavy atom. The minimum absolute atomic E-state index is 0.0216. The van der Waals surface area contributed by atoms with Gasteiger partial charge in [0.25, 0.3) is 5.91 Å². The lowest BCUT2D eigenvalue weighted by Crippen LogP contribution is -2.57. The maximum absolute atomic E-state index is 14.6. The van der Waals surface area contributed by atoms with E-state index in [2.05, 4.69) is 107 Å². The van der Waals surface area contributed by atoms with Crippen LogP contribution in [0.5, 0.6) is 0 Å². The molecule has 15 nitrogen and oxygen atoms in total. The molecule has 3 amide bonds. The number of halogens is 4. The van der Waals surface area contributed by atoms with Gasteiger partial charge in [0.2, 0.25) is 11.8 Å². The molecule has 21 heteroatoms. The van der Waals surface area contributed by atoms with E-state index in [1.165, 1.54) is 23.5 Å². The van der Waals surface area contributed by atoms with Crippen molar-refractivity contribution < 1.29 is 24.3 Å². The number of benzene rings is 4. The van der Waals surface area contributed by atoms with Crippen molar-refractivity contribution in [2.45, 2.75) is 154 Å². The van der Waals surface area contributed by atoms with E-state index < -0.39 is 23.1 Å². The van der Waals surface area contributed by atoms with Gasteiger partial charge in [-0.15, -0.1) is 0 Å². The third-order valence-electron chi connectivity index (χ3n) is 19.1. The Balaban J connectivity index is 0.000000165. The van der Waals surface area contributed by atoms with Gasteiger partial charge in [0.15, 0.2) is 10.3 Å². The van der Waals surface area contributed by atoms with Crippen LogP contribution in [-0.2, 0) is 30.3 Å². The molecule has 10 atom stereocenters. The number of aliphatic imine (C=N–C) groups is 2. The number of thioether (sulfide) groups is 2. The lowest BCUT2D eigenvalue weighted by atomic mass is 9.81. The lowest BCUT2D eigenvalue weighted by Gasteiger charge is -2.40. The Hall–Kier alpha value is -5.08. The van der Waals surface area contributed by atoms with Crippen molar-refractivity contribution in [1.82, 2.24) is 39.6 Å². The van der Waals surface area contributed by atoms with Gasteiger partial charge in [-0.2, -0.15) is 0 Å². The highest BCUT2D eigenvalue weighted by atomic mass is 35.5. The number of hydrogen-bond acceptors (Lipinski definition) is 13. The number of piperazine rings is 2. The predicted octanol–water partition coefficient (Wildman–Crippen LogP) is 13.4. The van der Waals surface area contributed by atoms with Crippen molar-refractivity contribution in [3.8, 4) is 0 Å². The molecule has 2 N–H and O–H groups in total. The van der Waals surface area contributed by atoms with Gasteiger partial charge in [0, 0.05) is 94.9 Å². The first-order valence-electron chi connectivity index (χ1n) is 31.2. The maximum atomic E-state index is 14.6. The summed E-state index contributed by atoms with van der Waals surface area (Å²) >= 11 is 27.5. The molecule has 0 unspecified atom stereocenters. The number of allylic oxidation sites excluding steroid dienone is 2. The van der Waals surface area contributed by atoms with Crippen molar-refractivity contribution in [1.29, 1.82) is 0 Å². The van der Waals surface area contributed by atoms with Gasteiger partial charge in [0.05, 0.1) is 18.1 Å². The van der Waals surface area contributed by atoms with Crippen molar-refractivity contribution in [3.63, 3.8) is 0 Å². The Bertz CT molecular complexity index is 3440. The second kappa shape index (κ2) is 27.2. The number of amidine groups is 2. The summed E-state index contributed by atoms with van der Waals surface area (Å²) in [6.07, 6.45) is 3.63. The van der Waals surface area contributed by atoms with Crippen molar-refractivity contribution in [2.24, 2.45) is 21.8 Å². The molecule has 12 rings (SSSR count). The second-order valence-corrected chi connectivity index (χ2v) is 29.8. The molecule has 0 saturated carbocycles. The number of carboxylic acids is 1. The molecule has 0 spiro atoms. The fourth-order valence-corrected chi connectivity index (χ4v) is 17.0. The van der Waals surface area contributed by atoms with E-state index in [1.54, 1.807) is 0 Å². The number of amides is 3. The summed E-state index contributed by atoms with van der Waals surface area (Å²) in [7, 11) is 4.23. The van der Waals surface area contributed by atoms with E-state index in [1.807, 2.05) is 113 Å². The van der Waals surface area contributed by atoms with Crippen molar-refractivity contribution in [3.05, 3.63) is 161 Å². The van der Waals surface area contributed by atoms with Gasteiger partial charge < -0.3 is 44.7 Å². The van der Waals surface area contributed by atoms with Crippen molar-refractivity contribution in [2.75, 3.05) is 53.4 Å². The van der Waals surface area contributed by atoms with Crippen LogP contribution in [0, 0.1) is 11.8 Å². The SMILES string of the molecule is CC(C)C1=C(C(=O)N2[C@@H](C)CC[C@H]2C(=O)N2CCN(C)[C@H](C)C2)SC2=N[C@@](C)(c3ccc(Cl)cc3)[C@@H](c3ccc(Cl)cc3)N21.CC(C)C1=C(C(=O)O)SC2=N[C@@](C)(c3ccc(Cl)cc3)[C@@H](c3ccc(Cl)cc3)N21.C[C@@H]1CN(C(=O)[C@@H]2CC[C@H](C)N2)CCN1C. The fourth-order valence-electron chi connectivity index (χ4n) is 13.9. The minimum Gasteiger partial charge on any atom is -0.477 e. The van der Waals surface area contributed by atoms with Crippen LogP contribution in [0.4, 0.5) is 0 Å². The topological polar surface area (TPSA) is 148 Å². The maximum Gasteiger partial charge on any atom is 0.344 e. The van der Waals surface area contributed by atoms with Gasteiger partial charge in [0.1, 0.15) is 26.9 Å². The number of carbonyl (C=O) groups is 4. The summed E-state index contributed by atoms with van der Waals surface area (Å²) < 4.78 is 0. The van der Waals surface area contributed by atoms with Gasteiger partial charge >= 0.3 is 5.97 Å². The highest BCUT2D eigenvalue weighted by Crippen LogP contribution is 2.58. The Morgan fingerprint density at radius 2 is 0.955 bits per heavy atom. The summed E-state index contributed by atoms with van der Waals surface area (Å²) in [4.78, 5) is 78.9. The summed E-state index contributed by atoms with van der Waals surface area (Å²) in [5.41, 5.74) is 4.65. The van der Waals surface area contributed by atoms with Crippen LogP contribution < -0.4 is 5.32 Å². The molecule has 8 heterocycles. The molecule has 0 bridgehead atoms. The number of nitrogens with zero attached hydrogens (tertiary/aromatic N) is 9. The molecule has 89 heavy (non-hydrogen) atoms. The van der Waals surface area contributed by atoms with E-state index in [9.17, 15) is 24.3 Å². The van der Waals surface area contributed by atoms with Crippen LogP contribution in [0.15, 0.2) is 128 Å². The third kappa shape index (κ3) is 13.5. The van der Waals surface area contributed by atoms with Gasteiger partial charge in [-0.3, -0.25) is 14.4 Å². The molecule has 476 valence electrons. The lowest BCUT2D eigenvalue weighted by molar-refractivity contribution is -0.144. The molecule has 0 aromatic heterocycles. The molecular weight excluding hydrogens is 1240 g/mol. The normalized spacial score (nSPS) is 28.7. The Morgan fingerprint density at radius 1 is 0.551 bits per heavy atom. The smallest absolute Gasteiger partial charge is 0.344 e. The minimum atomic E-state index is -0.918. The first-order valence-corrected chi connectivity index (χ1v) is 34.3. The highest BCUT2D eigenvalue weighted by molar-refractivity contribution is 8.18. The fraction of sp³-hybridized carbons (Fsp3) is 0.500. The van der Waals surface area contributed by atoms with E-state index in [0.29, 0.717) is 78.6 Å². The zero-order valence-corrected chi connectivity index (χ0v) is 57.7. The molecule has 8 aliphatic heterocycles. The van der Waals surface area contributed by atoms with E-state index in [-0.39, 0.29) is 47.8 Å². The Labute approximate surface area is 554 Å². The zero-order chi connectivity index (χ0) is 64.1. The molecule has 0 aliphatic carbocycles. The predicted molar refractivity (Wildman–Crippen MR) is 363 cm³/mol. The number of hydrogen-bond donors (Lipinski definition) is 2. The van der Waals surface area contributed by atoms with Crippen LogP contribution in [0.2, 0.25) is 20.1 Å². The number of likely N-dealkylation sites (tertiary alicyclic amines) is 1. The standard InChI is InChI=1S/C34H41Cl2N5O2S.C22H20Cl2N2O2S.C12H23N3O/c1-20(2)28-29(32(43)40-21(3)7-16-27(40)31(42)39-18-17-38(6)22(4)19-39)44-33-37-34(5,24-10-14-26(36)15-11-24)30(41(28)33)23-8-12-25(35)13-9-23;1-12(2)17-18(20(27)28)29-21-25-22(3,14-6-10-16(24)11-7-14)19(26(17)21)13-4-8-15(23)9-5-13;1-9-4-5-11(13-9)12(16)15-7-6-14(3)10(2)8-15/h8-15,20-22,27,30H,7,16-19H2,1-6H3;4-12,19H,1-3H3,(H,27,28);9-11,13H,4-8H2,1-3H3/t21-,22+,27-,30+,34-;19-,22+;9-,10+,11-/m010/s1. The molecule has 4 fully saturated rings. The first-order chi connectivity index (χ1) is 42.2. The van der Waals surface area contributed by atoms with Crippen LogP contribution in [-0.4, -0.2) is 163 Å². The van der Waals surface area contributed by atoms with E-state index in [0.717, 1.165) is 84.3 Å². The third-order valence-corrected chi connectivity index (χ3v) is 22.3. The molecule has 0 radical (unpaired) electrons. The van der Waals surface area contributed by atoms with Crippen LogP contribution in [0.25, 0.3) is 0 Å². The van der Waals surface area contributed by atoms with Gasteiger partial charge in [-0.1, -0.05) is 123 Å². The molecule has 4 aromatic carbocycles. The monoisotopic (exact) mass is 1320 g/mol. The van der Waals surface area contributed by atoms with Gasteiger partial charge in [-0.25, -0.2) is 14.8 Å². The average Bonchev–Trinajstić information content (AvgIpc) is 1.57. The molecular formula is C68H84Cl4N10O5S2. The number of likely N-dealkylation sites (N-methyl/N-ethyl adjacent to an activating group) is 2. The number of rotatable bonds is 10. The molecule has 4 aromatic rings. The number of aliphatic carboxylic acids is 1. The summed E-state index contributed by atoms with van der Waals surface area (Å²) in [5, 5.41) is 17.3. The van der Waals surface area contributed by atoms with E-state index in [4.69, 9.17) is 56.4 Å². The summed E-state index contributed by atoms with van der Waals surface area (Å²) in [6.45, 7) is 26.0. The van der Waals surface area contributed by atoms with Crippen molar-refractivity contribution >= 4 is 104 Å².